The van der Waals surface area contributed by atoms with Gasteiger partial charge in [0.05, 0.1) is 5.54 Å². The number of hydrogen-bond acceptors (Lipinski definition) is 2. The Kier molecular flexibility index (Phi) is 6.32. The van der Waals surface area contributed by atoms with Crippen LogP contribution in [0.4, 0.5) is 13.6 Å². The van der Waals surface area contributed by atoms with Crippen LogP contribution in [0.3, 0.4) is 0 Å². The minimum atomic E-state index is -2.70. The highest BCUT2D eigenvalue weighted by atomic mass is 35.5. The summed E-state index contributed by atoms with van der Waals surface area (Å²) < 4.78 is 27.0. The highest BCUT2D eigenvalue weighted by molar-refractivity contribution is 6.31. The second kappa shape index (κ2) is 8.53. The van der Waals surface area contributed by atoms with E-state index in [1.165, 1.54) is 4.90 Å². The number of nitrogens with one attached hydrogen (secondary N) is 1. The van der Waals surface area contributed by atoms with Gasteiger partial charge in [0.2, 0.25) is 0 Å². The predicted molar refractivity (Wildman–Crippen MR) is 126 cm³/mol. The maximum atomic E-state index is 13.5. The summed E-state index contributed by atoms with van der Waals surface area (Å²) >= 11 is 6.68. The number of alkyl halides is 2. The van der Waals surface area contributed by atoms with E-state index in [-0.39, 0.29) is 42.7 Å². The number of hydrogen-bond donors (Lipinski definition) is 2. The van der Waals surface area contributed by atoms with Crippen molar-refractivity contribution in [1.29, 1.82) is 0 Å². The van der Waals surface area contributed by atoms with Crippen LogP contribution in [0, 0.1) is 17.3 Å². The van der Waals surface area contributed by atoms with E-state index in [2.05, 4.69) is 26.1 Å². The highest BCUT2D eigenvalue weighted by Crippen LogP contribution is 2.49. The van der Waals surface area contributed by atoms with Crippen molar-refractivity contribution in [2.75, 3.05) is 6.61 Å². The van der Waals surface area contributed by atoms with E-state index < -0.39 is 17.5 Å². The number of amides is 2. The van der Waals surface area contributed by atoms with Gasteiger partial charge in [0.25, 0.3) is 5.92 Å². The fraction of sp³-hybridized carbons (Fsp3) is 0.654. The molecule has 3 aliphatic rings. The van der Waals surface area contributed by atoms with E-state index in [1.807, 2.05) is 25.1 Å². The maximum absolute atomic E-state index is 13.5. The molecule has 1 aromatic rings. The van der Waals surface area contributed by atoms with Crippen molar-refractivity contribution in [3.63, 3.8) is 0 Å². The highest BCUT2D eigenvalue weighted by Gasteiger charge is 2.52. The first-order valence-corrected chi connectivity index (χ1v) is 12.3. The van der Waals surface area contributed by atoms with E-state index in [0.717, 1.165) is 42.4 Å². The second-order valence-electron chi connectivity index (χ2n) is 11.5. The third-order valence-electron chi connectivity index (χ3n) is 7.62. The molecule has 182 valence electrons. The lowest BCUT2D eigenvalue weighted by Gasteiger charge is -2.50. The fourth-order valence-corrected chi connectivity index (χ4v) is 5.52. The van der Waals surface area contributed by atoms with Crippen LogP contribution in [0.1, 0.15) is 70.9 Å². The molecular formula is C26H35ClF2N2O2. The van der Waals surface area contributed by atoms with E-state index in [1.54, 1.807) is 6.20 Å². The number of carbonyl (C=O) groups excluding carboxylic acids is 1. The third kappa shape index (κ3) is 4.93. The minimum Gasteiger partial charge on any atom is -0.396 e. The summed E-state index contributed by atoms with van der Waals surface area (Å²) in [5.41, 5.74) is 2.39. The van der Waals surface area contributed by atoms with Crippen LogP contribution < -0.4 is 5.32 Å². The molecule has 0 saturated heterocycles. The van der Waals surface area contributed by atoms with Gasteiger partial charge in [0.15, 0.2) is 0 Å². The normalized spacial score (nSPS) is 29.8. The van der Waals surface area contributed by atoms with E-state index >= 15 is 0 Å². The van der Waals surface area contributed by atoms with Crippen LogP contribution in [0.15, 0.2) is 30.0 Å². The Bertz CT molecular complexity index is 944. The molecule has 1 atom stereocenters. The Morgan fingerprint density at radius 1 is 1.24 bits per heavy atom. The zero-order chi connectivity index (χ0) is 24.2. The molecule has 4 rings (SSSR count). The summed E-state index contributed by atoms with van der Waals surface area (Å²) in [6.07, 6.45) is 4.71. The average molecular weight is 481 g/mol. The second-order valence-corrected chi connectivity index (χ2v) is 12.0. The number of urea groups is 1. The number of aliphatic hydroxyl groups excluding tert-OH is 1. The van der Waals surface area contributed by atoms with E-state index in [0.29, 0.717) is 5.02 Å². The van der Waals surface area contributed by atoms with Gasteiger partial charge in [-0.3, -0.25) is 4.90 Å². The maximum Gasteiger partial charge on any atom is 0.322 e. The minimum absolute atomic E-state index is 0.139. The molecule has 7 heteroatoms. The predicted octanol–water partition coefficient (Wildman–Crippen LogP) is 6.26. The van der Waals surface area contributed by atoms with Crippen LogP contribution in [0.25, 0.3) is 0 Å². The van der Waals surface area contributed by atoms with Crippen molar-refractivity contribution in [2.45, 2.75) is 83.7 Å². The van der Waals surface area contributed by atoms with Crippen molar-refractivity contribution in [3.05, 3.63) is 46.1 Å². The molecule has 0 bridgehead atoms. The van der Waals surface area contributed by atoms with Crippen LogP contribution in [-0.2, 0) is 12.0 Å². The van der Waals surface area contributed by atoms with Crippen molar-refractivity contribution in [1.82, 2.24) is 10.2 Å². The topological polar surface area (TPSA) is 52.6 Å². The van der Waals surface area contributed by atoms with Crippen molar-refractivity contribution < 1.29 is 18.7 Å². The van der Waals surface area contributed by atoms with Crippen molar-refractivity contribution >= 4 is 17.6 Å². The molecule has 2 amide bonds. The number of halogens is 3. The fourth-order valence-electron chi connectivity index (χ4n) is 5.25. The molecule has 2 saturated carbocycles. The quantitative estimate of drug-likeness (QED) is 0.505. The van der Waals surface area contributed by atoms with Gasteiger partial charge in [-0.1, -0.05) is 44.5 Å². The smallest absolute Gasteiger partial charge is 0.322 e. The first-order chi connectivity index (χ1) is 15.3. The molecule has 0 spiro atoms. The summed E-state index contributed by atoms with van der Waals surface area (Å²) in [7, 11) is 0. The van der Waals surface area contributed by atoms with Crippen LogP contribution in [0.2, 0.25) is 5.02 Å². The Hall–Kier alpha value is -1.66. The SMILES string of the molecule is CC(C)(C)CCc1ccc([C@]2(C)NC(=O)N(C3CC(F)(F)C3)C=C2C2CC(CO)C2)cc1Cl. The lowest BCUT2D eigenvalue weighted by Crippen LogP contribution is -2.61. The van der Waals surface area contributed by atoms with Crippen molar-refractivity contribution in [3.8, 4) is 0 Å². The van der Waals surface area contributed by atoms with Crippen LogP contribution in [0.5, 0.6) is 0 Å². The number of carbonyl (C=O) groups is 1. The number of rotatable bonds is 6. The summed E-state index contributed by atoms with van der Waals surface area (Å²) in [6.45, 7) is 8.71. The third-order valence-corrected chi connectivity index (χ3v) is 7.97. The zero-order valence-electron chi connectivity index (χ0n) is 19.9. The summed E-state index contributed by atoms with van der Waals surface area (Å²) in [5, 5.41) is 13.3. The molecule has 1 aromatic carbocycles. The molecule has 4 nitrogen and oxygen atoms in total. The Morgan fingerprint density at radius 3 is 2.45 bits per heavy atom. The molecule has 1 aliphatic heterocycles. The zero-order valence-corrected chi connectivity index (χ0v) is 20.7. The number of benzene rings is 1. The van der Waals surface area contributed by atoms with Gasteiger partial charge in [-0.05, 0) is 72.6 Å². The molecule has 2 aliphatic carbocycles. The lowest BCUT2D eigenvalue weighted by molar-refractivity contribution is -0.109. The lowest BCUT2D eigenvalue weighted by atomic mass is 9.65. The summed E-state index contributed by atoms with van der Waals surface area (Å²) in [5.74, 6) is -2.29. The molecule has 1 heterocycles. The van der Waals surface area contributed by atoms with Gasteiger partial charge >= 0.3 is 6.03 Å². The molecule has 2 N–H and O–H groups in total. The summed E-state index contributed by atoms with van der Waals surface area (Å²) in [4.78, 5) is 14.5. The monoisotopic (exact) mass is 480 g/mol. The largest absolute Gasteiger partial charge is 0.396 e. The molecule has 0 radical (unpaired) electrons. The van der Waals surface area contributed by atoms with Gasteiger partial charge in [-0.2, -0.15) is 0 Å². The number of nitrogens with zero attached hydrogens (tertiary/aromatic N) is 1. The van der Waals surface area contributed by atoms with Crippen molar-refractivity contribution in [2.24, 2.45) is 17.3 Å². The Balaban J connectivity index is 1.64. The van der Waals surface area contributed by atoms with Gasteiger partial charge in [-0.25, -0.2) is 13.6 Å². The Labute approximate surface area is 200 Å². The van der Waals surface area contributed by atoms with Gasteiger partial charge in [0, 0.05) is 36.7 Å². The number of aliphatic hydroxyl groups is 1. The van der Waals surface area contributed by atoms with E-state index in [9.17, 15) is 18.7 Å². The summed E-state index contributed by atoms with van der Waals surface area (Å²) in [6, 6.07) is 5.15. The first kappa shape index (κ1) is 24.5. The van der Waals surface area contributed by atoms with Gasteiger partial charge < -0.3 is 10.4 Å². The molecule has 0 aromatic heterocycles. The molecule has 33 heavy (non-hydrogen) atoms. The standard InChI is InChI=1S/C26H35ClF2N2O2/c1-24(2,3)8-7-17-5-6-19(11-22(17)27)25(4)21(18-9-16(10-18)15-32)14-31(23(33)30-25)20-12-26(28,29)13-20/h5-6,11,14,16,18,20,32H,7-10,12-13,15H2,1-4H3,(H,30,33)/t16?,18?,25-/m0/s1. The average Bonchev–Trinajstić information content (AvgIpc) is 2.65. The molecule has 2 fully saturated rings. The Morgan fingerprint density at radius 2 is 1.91 bits per heavy atom. The van der Waals surface area contributed by atoms with Gasteiger partial charge in [0.1, 0.15) is 0 Å². The van der Waals surface area contributed by atoms with E-state index in [4.69, 9.17) is 11.6 Å². The number of aryl methyl sites for hydroxylation is 1. The first-order valence-electron chi connectivity index (χ1n) is 11.9. The van der Waals surface area contributed by atoms with Crippen LogP contribution in [-0.4, -0.2) is 34.6 Å². The van der Waals surface area contributed by atoms with Gasteiger partial charge in [-0.15, -0.1) is 0 Å². The van der Waals surface area contributed by atoms with Crippen LogP contribution >= 0.6 is 11.6 Å². The molecular weight excluding hydrogens is 446 g/mol. The molecule has 0 unspecified atom stereocenters.